The second-order valence-corrected chi connectivity index (χ2v) is 6.40. The van der Waals surface area contributed by atoms with Gasteiger partial charge in [0, 0.05) is 25.7 Å². The first kappa shape index (κ1) is 14.6. The summed E-state index contributed by atoms with van der Waals surface area (Å²) in [5, 5.41) is 0. The van der Waals surface area contributed by atoms with E-state index in [-0.39, 0.29) is 0 Å². The Morgan fingerprint density at radius 2 is 1.71 bits per heavy atom. The van der Waals surface area contributed by atoms with Gasteiger partial charge >= 0.3 is 0 Å². The Morgan fingerprint density at radius 3 is 2.33 bits per heavy atom. The predicted octanol–water partition coefficient (Wildman–Crippen LogP) is 2.71. The number of carbonyl (C=O) groups is 1. The molecule has 1 amide bonds. The molecule has 1 aromatic carbocycles. The molecule has 0 N–H and O–H groups in total. The zero-order valence-corrected chi connectivity index (χ0v) is 12.8. The van der Waals surface area contributed by atoms with Gasteiger partial charge in [-0.1, -0.05) is 43.2 Å². The molecular weight excluding hydrogens is 260 g/mol. The van der Waals surface area contributed by atoms with Crippen LogP contribution in [0.2, 0.25) is 0 Å². The van der Waals surface area contributed by atoms with Crippen molar-refractivity contribution >= 4 is 5.91 Å². The van der Waals surface area contributed by atoms with E-state index in [4.69, 9.17) is 0 Å². The van der Waals surface area contributed by atoms with Crippen LogP contribution in [-0.2, 0) is 11.2 Å². The molecule has 3 rings (SSSR count). The molecule has 0 aliphatic carbocycles. The summed E-state index contributed by atoms with van der Waals surface area (Å²) in [6.45, 7) is 3.64. The molecule has 0 radical (unpaired) electrons. The summed E-state index contributed by atoms with van der Waals surface area (Å²) in [5.74, 6) is 0.342. The van der Waals surface area contributed by atoms with Crippen LogP contribution in [0.15, 0.2) is 30.3 Å². The zero-order chi connectivity index (χ0) is 14.5. The molecule has 0 saturated carbocycles. The molecule has 114 valence electrons. The highest BCUT2D eigenvalue weighted by Crippen LogP contribution is 2.22. The minimum Gasteiger partial charge on any atom is -0.342 e. The van der Waals surface area contributed by atoms with Gasteiger partial charge in [0.2, 0.25) is 5.91 Å². The quantitative estimate of drug-likeness (QED) is 0.849. The zero-order valence-electron chi connectivity index (χ0n) is 12.8. The van der Waals surface area contributed by atoms with Crippen molar-refractivity contribution in [2.45, 2.75) is 44.6 Å². The van der Waals surface area contributed by atoms with Gasteiger partial charge in [0.15, 0.2) is 0 Å². The van der Waals surface area contributed by atoms with Crippen molar-refractivity contribution in [3.8, 4) is 0 Å². The van der Waals surface area contributed by atoms with Crippen molar-refractivity contribution in [2.75, 3.05) is 26.2 Å². The fraction of sp³-hybridized carbons (Fsp3) is 0.611. The molecule has 0 spiro atoms. The lowest BCUT2D eigenvalue weighted by Gasteiger charge is -2.41. The third kappa shape index (κ3) is 3.85. The van der Waals surface area contributed by atoms with Gasteiger partial charge < -0.3 is 4.90 Å². The van der Waals surface area contributed by atoms with Crippen LogP contribution in [0.4, 0.5) is 0 Å². The van der Waals surface area contributed by atoms with E-state index in [1.54, 1.807) is 0 Å². The van der Waals surface area contributed by atoms with Crippen molar-refractivity contribution in [3.63, 3.8) is 0 Å². The Kier molecular flexibility index (Phi) is 4.91. The van der Waals surface area contributed by atoms with Gasteiger partial charge in [-0.2, -0.15) is 0 Å². The summed E-state index contributed by atoms with van der Waals surface area (Å²) in [6, 6.07) is 11.2. The number of likely N-dealkylation sites (tertiary alicyclic amines) is 2. The summed E-state index contributed by atoms with van der Waals surface area (Å²) in [6.07, 6.45) is 7.23. The predicted molar refractivity (Wildman–Crippen MR) is 85.2 cm³/mol. The fourth-order valence-electron chi connectivity index (χ4n) is 3.41. The molecule has 1 atom stereocenters. The van der Waals surface area contributed by atoms with Gasteiger partial charge in [-0.3, -0.25) is 9.69 Å². The summed E-state index contributed by atoms with van der Waals surface area (Å²) >= 11 is 0. The summed E-state index contributed by atoms with van der Waals surface area (Å²) in [7, 11) is 0. The average Bonchev–Trinajstić information content (AvgIpc) is 2.79. The van der Waals surface area contributed by atoms with Crippen LogP contribution in [0.25, 0.3) is 0 Å². The molecular formula is C18H26N2O. The molecule has 3 nitrogen and oxygen atoms in total. The molecule has 0 unspecified atom stereocenters. The molecule has 2 saturated heterocycles. The Balaban J connectivity index is 1.49. The maximum atomic E-state index is 12.4. The van der Waals surface area contributed by atoms with E-state index in [1.807, 2.05) is 0 Å². The number of rotatable bonds is 4. The molecule has 1 aromatic rings. The van der Waals surface area contributed by atoms with Crippen LogP contribution in [0.5, 0.6) is 0 Å². The molecule has 21 heavy (non-hydrogen) atoms. The molecule has 2 fully saturated rings. The molecule has 0 aromatic heterocycles. The van der Waals surface area contributed by atoms with Crippen LogP contribution in [0.3, 0.4) is 0 Å². The number of hydrogen-bond donors (Lipinski definition) is 0. The molecule has 2 heterocycles. The van der Waals surface area contributed by atoms with Crippen molar-refractivity contribution in [2.24, 2.45) is 0 Å². The second kappa shape index (κ2) is 7.08. The lowest BCUT2D eigenvalue weighted by Crippen LogP contribution is -2.53. The van der Waals surface area contributed by atoms with Crippen molar-refractivity contribution < 1.29 is 4.79 Å². The average molecular weight is 286 g/mol. The Hall–Kier alpha value is -1.35. The molecule has 2 aliphatic rings. The Bertz CT molecular complexity index is 452. The van der Waals surface area contributed by atoms with Crippen LogP contribution in [-0.4, -0.2) is 47.9 Å². The first-order valence-corrected chi connectivity index (χ1v) is 8.39. The van der Waals surface area contributed by atoms with E-state index >= 15 is 0 Å². The highest BCUT2D eigenvalue weighted by molar-refractivity contribution is 5.78. The smallest absolute Gasteiger partial charge is 0.236 e. The summed E-state index contributed by atoms with van der Waals surface area (Å²) in [4.78, 5) is 16.9. The van der Waals surface area contributed by atoms with E-state index in [0.717, 1.165) is 26.1 Å². The van der Waals surface area contributed by atoms with Gasteiger partial charge in [0.25, 0.3) is 0 Å². The van der Waals surface area contributed by atoms with Gasteiger partial charge in [-0.15, -0.1) is 0 Å². The minimum absolute atomic E-state index is 0.342. The molecule has 3 heteroatoms. The third-order valence-corrected chi connectivity index (χ3v) is 4.88. The highest BCUT2D eigenvalue weighted by Gasteiger charge is 2.30. The van der Waals surface area contributed by atoms with E-state index in [9.17, 15) is 4.79 Å². The standard InChI is InChI=1S/C18H26N2O/c21-18(19-11-6-1-2-7-12-19)15-20-13-10-17(20)14-16-8-4-3-5-9-16/h3-5,8-9,17H,1-2,6-7,10-15H2/t17-/m0/s1. The normalized spacial score (nSPS) is 23.4. The van der Waals surface area contributed by atoms with Crippen LogP contribution in [0.1, 0.15) is 37.7 Å². The van der Waals surface area contributed by atoms with Crippen LogP contribution >= 0.6 is 0 Å². The Morgan fingerprint density at radius 1 is 1.00 bits per heavy atom. The van der Waals surface area contributed by atoms with E-state index in [1.165, 1.54) is 37.7 Å². The van der Waals surface area contributed by atoms with Gasteiger partial charge in [-0.05, 0) is 31.2 Å². The highest BCUT2D eigenvalue weighted by atomic mass is 16.2. The van der Waals surface area contributed by atoms with Crippen molar-refractivity contribution in [1.29, 1.82) is 0 Å². The molecule has 0 bridgehead atoms. The minimum atomic E-state index is 0.342. The first-order chi connectivity index (χ1) is 10.3. The van der Waals surface area contributed by atoms with Gasteiger partial charge in [-0.25, -0.2) is 0 Å². The number of benzene rings is 1. The summed E-state index contributed by atoms with van der Waals surface area (Å²) < 4.78 is 0. The van der Waals surface area contributed by atoms with E-state index in [0.29, 0.717) is 18.5 Å². The summed E-state index contributed by atoms with van der Waals surface area (Å²) in [5.41, 5.74) is 1.38. The third-order valence-electron chi connectivity index (χ3n) is 4.88. The van der Waals surface area contributed by atoms with E-state index < -0.39 is 0 Å². The topological polar surface area (TPSA) is 23.6 Å². The van der Waals surface area contributed by atoms with Gasteiger partial charge in [0.05, 0.1) is 6.54 Å². The second-order valence-electron chi connectivity index (χ2n) is 6.40. The fourth-order valence-corrected chi connectivity index (χ4v) is 3.41. The SMILES string of the molecule is O=C(CN1CC[C@H]1Cc1ccccc1)N1CCCCCC1. The maximum Gasteiger partial charge on any atom is 0.236 e. The first-order valence-electron chi connectivity index (χ1n) is 8.39. The number of nitrogens with zero attached hydrogens (tertiary/aromatic N) is 2. The van der Waals surface area contributed by atoms with Crippen molar-refractivity contribution in [3.05, 3.63) is 35.9 Å². The largest absolute Gasteiger partial charge is 0.342 e. The lowest BCUT2D eigenvalue weighted by atomic mass is 9.95. The van der Waals surface area contributed by atoms with Gasteiger partial charge in [0.1, 0.15) is 0 Å². The molecule has 2 aliphatic heterocycles. The van der Waals surface area contributed by atoms with Crippen LogP contribution in [0, 0.1) is 0 Å². The van der Waals surface area contributed by atoms with Crippen LogP contribution < -0.4 is 0 Å². The van der Waals surface area contributed by atoms with Crippen molar-refractivity contribution in [1.82, 2.24) is 9.80 Å². The number of carbonyl (C=O) groups excluding carboxylic acids is 1. The lowest BCUT2D eigenvalue weighted by molar-refractivity contribution is -0.134. The monoisotopic (exact) mass is 286 g/mol. The number of amides is 1. The maximum absolute atomic E-state index is 12.4. The van der Waals surface area contributed by atoms with E-state index in [2.05, 4.69) is 40.1 Å². The Labute approximate surface area is 127 Å². The number of hydrogen-bond acceptors (Lipinski definition) is 2.